The Balaban J connectivity index is 2.19. The van der Waals surface area contributed by atoms with Crippen molar-refractivity contribution in [3.05, 3.63) is 16.9 Å². The molecular weight excluding hydrogens is 304 g/mol. The van der Waals surface area contributed by atoms with Crippen LogP contribution in [-0.2, 0) is 11.3 Å². The fraction of sp³-hybridized carbons (Fsp3) is 0.750. The normalized spacial score (nSPS) is 25.1. The first-order chi connectivity index (χ1) is 8.24. The van der Waals surface area contributed by atoms with Gasteiger partial charge < -0.3 is 4.74 Å². The van der Waals surface area contributed by atoms with E-state index in [9.17, 15) is 0 Å². The molecule has 0 radical (unpaired) electrons. The van der Waals surface area contributed by atoms with E-state index in [0.29, 0.717) is 17.4 Å². The Hall–Kier alpha value is -0.0600. The summed E-state index contributed by atoms with van der Waals surface area (Å²) in [6.07, 6.45) is 6.74. The Kier molecular flexibility index (Phi) is 4.88. The van der Waals surface area contributed by atoms with Gasteiger partial charge in [0.1, 0.15) is 0 Å². The van der Waals surface area contributed by atoms with Gasteiger partial charge in [-0.2, -0.15) is 5.10 Å². The number of aromatic nitrogens is 2. The molecular formula is C12H18BrClN2O. The highest BCUT2D eigenvalue weighted by atomic mass is 79.9. The third-order valence-corrected chi connectivity index (χ3v) is 4.76. The molecule has 0 aliphatic heterocycles. The van der Waals surface area contributed by atoms with Crippen molar-refractivity contribution in [1.29, 1.82) is 0 Å². The van der Waals surface area contributed by atoms with Gasteiger partial charge in [-0.1, -0.05) is 40.4 Å². The SMILES string of the molecule is COCCn1ncc(Cl)c1C1CCCCC1Br. The molecule has 0 aromatic carbocycles. The number of hydrogen-bond acceptors (Lipinski definition) is 2. The van der Waals surface area contributed by atoms with Crippen molar-refractivity contribution in [2.75, 3.05) is 13.7 Å². The van der Waals surface area contributed by atoms with Gasteiger partial charge in [0.25, 0.3) is 0 Å². The molecule has 2 rings (SSSR count). The van der Waals surface area contributed by atoms with E-state index < -0.39 is 0 Å². The lowest BCUT2D eigenvalue weighted by Gasteiger charge is -2.28. The highest BCUT2D eigenvalue weighted by Gasteiger charge is 2.29. The highest BCUT2D eigenvalue weighted by molar-refractivity contribution is 9.09. The topological polar surface area (TPSA) is 27.1 Å². The average Bonchev–Trinajstić information content (AvgIpc) is 2.69. The van der Waals surface area contributed by atoms with Crippen molar-refractivity contribution in [2.24, 2.45) is 0 Å². The molecule has 0 spiro atoms. The number of alkyl halides is 1. The summed E-state index contributed by atoms with van der Waals surface area (Å²) in [7, 11) is 1.71. The standard InChI is InChI=1S/C12H18BrClN2O/c1-17-7-6-16-12(11(14)8-15-16)9-4-2-3-5-10(9)13/h8-10H,2-7H2,1H3. The molecule has 0 N–H and O–H groups in total. The average molecular weight is 322 g/mol. The molecule has 17 heavy (non-hydrogen) atoms. The minimum Gasteiger partial charge on any atom is -0.383 e. The first-order valence-electron chi connectivity index (χ1n) is 6.08. The fourth-order valence-corrected chi connectivity index (χ4v) is 3.61. The molecule has 3 nitrogen and oxygen atoms in total. The smallest absolute Gasteiger partial charge is 0.0821 e. The summed E-state index contributed by atoms with van der Waals surface area (Å²) >= 11 is 10.1. The second-order valence-electron chi connectivity index (χ2n) is 4.50. The van der Waals surface area contributed by atoms with Gasteiger partial charge in [-0.25, -0.2) is 0 Å². The lowest BCUT2D eigenvalue weighted by atomic mass is 9.86. The Morgan fingerprint density at radius 2 is 2.29 bits per heavy atom. The van der Waals surface area contributed by atoms with Crippen LogP contribution in [0.5, 0.6) is 0 Å². The number of ether oxygens (including phenoxy) is 1. The third kappa shape index (κ3) is 3.04. The van der Waals surface area contributed by atoms with E-state index in [0.717, 1.165) is 11.6 Å². The maximum absolute atomic E-state index is 6.28. The maximum atomic E-state index is 6.28. The molecule has 0 amide bonds. The molecule has 0 bridgehead atoms. The van der Waals surface area contributed by atoms with Crippen LogP contribution in [0.1, 0.15) is 37.3 Å². The summed E-state index contributed by atoms with van der Waals surface area (Å²) in [5, 5.41) is 5.14. The molecule has 2 atom stereocenters. The Labute approximate surface area is 116 Å². The predicted octanol–water partition coefficient (Wildman–Crippen LogP) is 3.60. The van der Waals surface area contributed by atoms with Crippen LogP contribution in [-0.4, -0.2) is 28.3 Å². The molecule has 1 aliphatic rings. The first kappa shape index (κ1) is 13.4. The quantitative estimate of drug-likeness (QED) is 0.792. The maximum Gasteiger partial charge on any atom is 0.0821 e. The van der Waals surface area contributed by atoms with E-state index in [1.165, 1.54) is 31.4 Å². The van der Waals surface area contributed by atoms with Crippen LogP contribution in [0.3, 0.4) is 0 Å². The van der Waals surface area contributed by atoms with E-state index in [4.69, 9.17) is 16.3 Å². The number of halogens is 2. The summed E-state index contributed by atoms with van der Waals surface area (Å²) in [4.78, 5) is 0.520. The van der Waals surface area contributed by atoms with E-state index in [1.54, 1.807) is 13.3 Å². The minimum absolute atomic E-state index is 0.482. The molecule has 1 aliphatic carbocycles. The van der Waals surface area contributed by atoms with Crippen LogP contribution in [0.15, 0.2) is 6.20 Å². The van der Waals surface area contributed by atoms with Crippen LogP contribution in [0.4, 0.5) is 0 Å². The van der Waals surface area contributed by atoms with Crippen LogP contribution in [0, 0.1) is 0 Å². The molecule has 1 aromatic heterocycles. The summed E-state index contributed by atoms with van der Waals surface area (Å²) in [6.45, 7) is 1.44. The van der Waals surface area contributed by atoms with Crippen LogP contribution >= 0.6 is 27.5 Å². The van der Waals surface area contributed by atoms with Crippen LogP contribution in [0.25, 0.3) is 0 Å². The lowest BCUT2D eigenvalue weighted by Crippen LogP contribution is -2.22. The van der Waals surface area contributed by atoms with E-state index in [1.807, 2.05) is 4.68 Å². The van der Waals surface area contributed by atoms with Gasteiger partial charge in [0.05, 0.1) is 30.1 Å². The molecule has 5 heteroatoms. The van der Waals surface area contributed by atoms with Crippen molar-refractivity contribution in [1.82, 2.24) is 9.78 Å². The molecule has 2 unspecified atom stereocenters. The van der Waals surface area contributed by atoms with E-state index in [-0.39, 0.29) is 0 Å². The van der Waals surface area contributed by atoms with Gasteiger partial charge in [-0.15, -0.1) is 0 Å². The van der Waals surface area contributed by atoms with Crippen LogP contribution < -0.4 is 0 Å². The van der Waals surface area contributed by atoms with Gasteiger partial charge in [-0.05, 0) is 12.8 Å². The van der Waals surface area contributed by atoms with Crippen molar-refractivity contribution in [2.45, 2.75) is 43.0 Å². The molecule has 1 fully saturated rings. The molecule has 1 saturated carbocycles. The van der Waals surface area contributed by atoms with E-state index >= 15 is 0 Å². The van der Waals surface area contributed by atoms with Crippen molar-refractivity contribution < 1.29 is 4.74 Å². The second kappa shape index (κ2) is 6.21. The summed E-state index contributed by atoms with van der Waals surface area (Å²) < 4.78 is 7.10. The molecule has 96 valence electrons. The lowest BCUT2D eigenvalue weighted by molar-refractivity contribution is 0.181. The van der Waals surface area contributed by atoms with Gasteiger partial charge in [0.15, 0.2) is 0 Å². The number of methoxy groups -OCH3 is 1. The minimum atomic E-state index is 0.482. The zero-order chi connectivity index (χ0) is 12.3. The number of nitrogens with zero attached hydrogens (tertiary/aromatic N) is 2. The first-order valence-corrected chi connectivity index (χ1v) is 7.37. The zero-order valence-corrected chi connectivity index (χ0v) is 12.4. The van der Waals surface area contributed by atoms with Gasteiger partial charge >= 0.3 is 0 Å². The van der Waals surface area contributed by atoms with Crippen molar-refractivity contribution >= 4 is 27.5 Å². The highest BCUT2D eigenvalue weighted by Crippen LogP contribution is 2.40. The van der Waals surface area contributed by atoms with Crippen molar-refractivity contribution in [3.63, 3.8) is 0 Å². The third-order valence-electron chi connectivity index (χ3n) is 3.37. The van der Waals surface area contributed by atoms with Gasteiger partial charge in [0, 0.05) is 17.9 Å². The van der Waals surface area contributed by atoms with E-state index in [2.05, 4.69) is 21.0 Å². The summed E-state index contributed by atoms with van der Waals surface area (Å²) in [5.74, 6) is 0.482. The van der Waals surface area contributed by atoms with Crippen molar-refractivity contribution in [3.8, 4) is 0 Å². The molecule has 0 saturated heterocycles. The zero-order valence-electron chi connectivity index (χ0n) is 10.0. The number of rotatable bonds is 4. The monoisotopic (exact) mass is 320 g/mol. The predicted molar refractivity (Wildman–Crippen MR) is 73.0 cm³/mol. The summed E-state index contributed by atoms with van der Waals surface area (Å²) in [6, 6.07) is 0. The molecule has 1 heterocycles. The Morgan fingerprint density at radius 1 is 1.53 bits per heavy atom. The van der Waals surface area contributed by atoms with Gasteiger partial charge in [-0.3, -0.25) is 4.68 Å². The Morgan fingerprint density at radius 3 is 3.00 bits per heavy atom. The van der Waals surface area contributed by atoms with Crippen LogP contribution in [0.2, 0.25) is 5.02 Å². The number of hydrogen-bond donors (Lipinski definition) is 0. The Bertz CT molecular complexity index is 369. The molecule has 1 aromatic rings. The summed E-state index contributed by atoms with van der Waals surface area (Å²) in [5.41, 5.74) is 1.17. The fourth-order valence-electron chi connectivity index (χ4n) is 2.49. The van der Waals surface area contributed by atoms with Gasteiger partial charge in [0.2, 0.25) is 0 Å². The second-order valence-corrected chi connectivity index (χ2v) is 6.08. The largest absolute Gasteiger partial charge is 0.383 e.